The number of pyridine rings is 1. The molecule has 1 aromatic carbocycles. The van der Waals surface area contributed by atoms with Gasteiger partial charge in [0.2, 0.25) is 0 Å². The Balaban J connectivity index is 1.87. The zero-order chi connectivity index (χ0) is 16.9. The van der Waals surface area contributed by atoms with Gasteiger partial charge < -0.3 is 15.4 Å². The molecule has 0 unspecified atom stereocenters. The van der Waals surface area contributed by atoms with Gasteiger partial charge in [0, 0.05) is 12.7 Å². The second-order valence-electron chi connectivity index (χ2n) is 5.69. The summed E-state index contributed by atoms with van der Waals surface area (Å²) in [6.45, 7) is 1.23. The average molecular weight is 325 g/mol. The van der Waals surface area contributed by atoms with Crippen LogP contribution in [-0.2, 0) is 29.1 Å². The van der Waals surface area contributed by atoms with Crippen molar-refractivity contribution in [3.05, 3.63) is 59.4 Å². The minimum absolute atomic E-state index is 0.229. The van der Waals surface area contributed by atoms with E-state index in [4.69, 9.17) is 10.5 Å². The van der Waals surface area contributed by atoms with Crippen molar-refractivity contribution in [2.75, 3.05) is 6.61 Å². The van der Waals surface area contributed by atoms with Crippen LogP contribution in [0, 0.1) is 0 Å². The second kappa shape index (κ2) is 7.12. The van der Waals surface area contributed by atoms with E-state index in [0.29, 0.717) is 18.8 Å². The highest BCUT2D eigenvalue weighted by Crippen LogP contribution is 2.28. The van der Waals surface area contributed by atoms with Crippen molar-refractivity contribution >= 4 is 11.8 Å². The van der Waals surface area contributed by atoms with Crippen LogP contribution in [0.25, 0.3) is 0 Å². The van der Waals surface area contributed by atoms with Gasteiger partial charge >= 0.3 is 11.8 Å². The molecule has 1 aliphatic rings. The van der Waals surface area contributed by atoms with Crippen LogP contribution in [-0.4, -0.2) is 28.3 Å². The summed E-state index contributed by atoms with van der Waals surface area (Å²) in [6.07, 6.45) is 3.49. The van der Waals surface area contributed by atoms with Crippen molar-refractivity contribution in [2.24, 2.45) is 5.73 Å². The van der Waals surface area contributed by atoms with Crippen molar-refractivity contribution in [1.29, 1.82) is 0 Å². The topological polar surface area (TPSA) is 85.5 Å². The summed E-state index contributed by atoms with van der Waals surface area (Å²) in [5.74, 6) is -0.829. The second-order valence-corrected chi connectivity index (χ2v) is 5.69. The van der Waals surface area contributed by atoms with Crippen molar-refractivity contribution in [3.63, 3.8) is 0 Å². The molecule has 0 aliphatic carbocycles. The lowest BCUT2D eigenvalue weighted by molar-refractivity contribution is -0.145. The number of benzene rings is 1. The van der Waals surface area contributed by atoms with Crippen LogP contribution in [0.3, 0.4) is 0 Å². The molecule has 2 aromatic rings. The predicted molar refractivity (Wildman–Crippen MR) is 87.9 cm³/mol. The average Bonchev–Trinajstić information content (AvgIpc) is 2.61. The van der Waals surface area contributed by atoms with Gasteiger partial charge in [0.1, 0.15) is 5.75 Å². The molecule has 0 fully saturated rings. The summed E-state index contributed by atoms with van der Waals surface area (Å²) in [4.78, 5) is 29.3. The van der Waals surface area contributed by atoms with Gasteiger partial charge in [-0.2, -0.15) is 0 Å². The van der Waals surface area contributed by atoms with Gasteiger partial charge in [0.15, 0.2) is 0 Å². The van der Waals surface area contributed by atoms with Crippen LogP contribution in [0.5, 0.6) is 5.75 Å². The Morgan fingerprint density at radius 3 is 2.79 bits per heavy atom. The Hall–Kier alpha value is -2.89. The summed E-state index contributed by atoms with van der Waals surface area (Å²) in [7, 11) is 0. The van der Waals surface area contributed by atoms with Gasteiger partial charge in [-0.3, -0.25) is 14.6 Å². The highest BCUT2D eigenvalue weighted by atomic mass is 16.5. The normalized spacial score (nSPS) is 12.8. The number of hydrogen-bond donors (Lipinski definition) is 1. The number of fused-ring (bicyclic) bond motifs is 1. The first kappa shape index (κ1) is 16.0. The van der Waals surface area contributed by atoms with E-state index in [2.05, 4.69) is 4.98 Å². The number of primary amides is 1. The van der Waals surface area contributed by atoms with E-state index < -0.39 is 11.8 Å². The standard InChI is InChI=1S/C18H19N3O3/c19-17(22)18(23)21(12-14-6-1-2-9-20-14)11-13-5-3-8-16-15(13)7-4-10-24-16/h1-3,5-6,8-9H,4,7,10-12H2,(H2,19,22). The molecule has 0 spiro atoms. The summed E-state index contributed by atoms with van der Waals surface area (Å²) in [6, 6.07) is 11.2. The van der Waals surface area contributed by atoms with Gasteiger partial charge in [0.05, 0.1) is 18.8 Å². The molecule has 0 atom stereocenters. The molecule has 6 heteroatoms. The molecule has 2 N–H and O–H groups in total. The summed E-state index contributed by atoms with van der Waals surface area (Å²) in [5, 5.41) is 0. The molecular formula is C18H19N3O3. The maximum atomic E-state index is 12.2. The number of carbonyl (C=O) groups is 2. The Morgan fingerprint density at radius 2 is 2.04 bits per heavy atom. The summed E-state index contributed by atoms with van der Waals surface area (Å²) >= 11 is 0. The Morgan fingerprint density at radius 1 is 1.17 bits per heavy atom. The van der Waals surface area contributed by atoms with Crippen molar-refractivity contribution in [1.82, 2.24) is 9.88 Å². The molecule has 2 heterocycles. The zero-order valence-corrected chi connectivity index (χ0v) is 13.3. The molecule has 124 valence electrons. The molecule has 0 saturated heterocycles. The van der Waals surface area contributed by atoms with Gasteiger partial charge in [-0.1, -0.05) is 18.2 Å². The van der Waals surface area contributed by atoms with Crippen molar-refractivity contribution in [3.8, 4) is 5.75 Å². The lowest BCUT2D eigenvalue weighted by Gasteiger charge is -2.25. The number of nitrogens with two attached hydrogens (primary N) is 1. The number of amides is 2. The first-order valence-electron chi connectivity index (χ1n) is 7.87. The van der Waals surface area contributed by atoms with E-state index in [1.54, 1.807) is 12.3 Å². The first-order chi connectivity index (χ1) is 11.6. The van der Waals surface area contributed by atoms with E-state index in [1.165, 1.54) is 4.90 Å². The van der Waals surface area contributed by atoms with Crippen LogP contribution >= 0.6 is 0 Å². The lowest BCUT2D eigenvalue weighted by atomic mass is 9.99. The zero-order valence-electron chi connectivity index (χ0n) is 13.3. The van der Waals surface area contributed by atoms with Crippen LogP contribution < -0.4 is 10.5 Å². The fourth-order valence-electron chi connectivity index (χ4n) is 2.86. The Labute approximate surface area is 140 Å². The molecule has 6 nitrogen and oxygen atoms in total. The molecule has 24 heavy (non-hydrogen) atoms. The minimum atomic E-state index is -0.966. The van der Waals surface area contributed by atoms with E-state index in [1.807, 2.05) is 30.3 Å². The van der Waals surface area contributed by atoms with E-state index in [9.17, 15) is 9.59 Å². The van der Waals surface area contributed by atoms with Crippen LogP contribution in [0.15, 0.2) is 42.6 Å². The maximum Gasteiger partial charge on any atom is 0.312 e. The Bertz CT molecular complexity index is 746. The third kappa shape index (κ3) is 3.53. The quantitative estimate of drug-likeness (QED) is 0.862. The number of carbonyl (C=O) groups excluding carboxylic acids is 2. The highest BCUT2D eigenvalue weighted by Gasteiger charge is 2.22. The Kier molecular flexibility index (Phi) is 4.74. The lowest BCUT2D eigenvalue weighted by Crippen LogP contribution is -2.39. The third-order valence-electron chi connectivity index (χ3n) is 4.00. The SMILES string of the molecule is NC(=O)C(=O)N(Cc1ccccn1)Cc1cccc2c1CCCO2. The van der Waals surface area contributed by atoms with Crippen molar-refractivity contribution in [2.45, 2.75) is 25.9 Å². The molecular weight excluding hydrogens is 306 g/mol. The third-order valence-corrected chi connectivity index (χ3v) is 4.00. The largest absolute Gasteiger partial charge is 0.493 e. The fraction of sp³-hybridized carbons (Fsp3) is 0.278. The minimum Gasteiger partial charge on any atom is -0.493 e. The molecule has 0 saturated carbocycles. The van der Waals surface area contributed by atoms with E-state index in [0.717, 1.165) is 29.7 Å². The molecule has 3 rings (SSSR count). The smallest absolute Gasteiger partial charge is 0.312 e. The number of ether oxygens (including phenoxy) is 1. The highest BCUT2D eigenvalue weighted by molar-refractivity contribution is 6.34. The van der Waals surface area contributed by atoms with E-state index >= 15 is 0 Å². The number of nitrogens with zero attached hydrogens (tertiary/aromatic N) is 2. The van der Waals surface area contributed by atoms with Gasteiger partial charge in [-0.15, -0.1) is 0 Å². The fourth-order valence-corrected chi connectivity index (χ4v) is 2.86. The monoisotopic (exact) mass is 325 g/mol. The van der Waals surface area contributed by atoms with Crippen LogP contribution in [0.1, 0.15) is 23.2 Å². The number of rotatable bonds is 4. The number of aromatic nitrogens is 1. The van der Waals surface area contributed by atoms with Crippen LogP contribution in [0.4, 0.5) is 0 Å². The van der Waals surface area contributed by atoms with Crippen LogP contribution in [0.2, 0.25) is 0 Å². The van der Waals surface area contributed by atoms with Gasteiger partial charge in [-0.05, 0) is 42.2 Å². The van der Waals surface area contributed by atoms with E-state index in [-0.39, 0.29) is 6.54 Å². The predicted octanol–water partition coefficient (Wildman–Crippen LogP) is 1.42. The molecule has 0 bridgehead atoms. The van der Waals surface area contributed by atoms with Gasteiger partial charge in [0.25, 0.3) is 0 Å². The van der Waals surface area contributed by atoms with Gasteiger partial charge in [-0.25, -0.2) is 0 Å². The molecule has 0 radical (unpaired) electrons. The molecule has 1 aromatic heterocycles. The molecule has 1 aliphatic heterocycles. The summed E-state index contributed by atoms with van der Waals surface area (Å²) < 4.78 is 5.66. The maximum absolute atomic E-state index is 12.2. The van der Waals surface area contributed by atoms with Crippen molar-refractivity contribution < 1.29 is 14.3 Å². The summed E-state index contributed by atoms with van der Waals surface area (Å²) in [5.41, 5.74) is 7.97. The first-order valence-corrected chi connectivity index (χ1v) is 7.87. The number of hydrogen-bond acceptors (Lipinski definition) is 4. The molecule has 2 amide bonds.